The van der Waals surface area contributed by atoms with Gasteiger partial charge in [-0.15, -0.1) is 0 Å². The Bertz CT molecular complexity index is 733. The first-order chi connectivity index (χ1) is 10.4. The molecule has 3 nitrogen and oxygen atoms in total. The van der Waals surface area contributed by atoms with Gasteiger partial charge in [-0.1, -0.05) is 53.5 Å². The summed E-state index contributed by atoms with van der Waals surface area (Å²) in [7, 11) is -3.60. The number of nitrogens with one attached hydrogen (secondary N) is 1. The first kappa shape index (κ1) is 17.3. The molecule has 0 spiro atoms. The van der Waals surface area contributed by atoms with Crippen molar-refractivity contribution < 1.29 is 8.42 Å². The molecule has 6 heteroatoms. The first-order valence-corrected chi connectivity index (χ1v) is 9.14. The summed E-state index contributed by atoms with van der Waals surface area (Å²) < 4.78 is 27.3. The van der Waals surface area contributed by atoms with Crippen molar-refractivity contribution in [1.29, 1.82) is 0 Å². The zero-order valence-corrected chi connectivity index (χ0v) is 14.4. The molecule has 1 unspecified atom stereocenters. The van der Waals surface area contributed by atoms with Crippen molar-refractivity contribution in [2.24, 2.45) is 0 Å². The van der Waals surface area contributed by atoms with Gasteiger partial charge in [-0.3, -0.25) is 0 Å². The fourth-order valence-electron chi connectivity index (χ4n) is 2.06. The van der Waals surface area contributed by atoms with Crippen LogP contribution in [0.25, 0.3) is 0 Å². The van der Waals surface area contributed by atoms with Crippen LogP contribution in [-0.2, 0) is 16.4 Å². The number of hydrogen-bond donors (Lipinski definition) is 1. The molecule has 1 N–H and O–H groups in total. The number of aryl methyl sites for hydroxylation is 1. The number of benzene rings is 2. The lowest BCUT2D eigenvalue weighted by atomic mass is 10.1. The minimum absolute atomic E-state index is 0.119. The summed E-state index contributed by atoms with van der Waals surface area (Å²) >= 11 is 11.7. The van der Waals surface area contributed by atoms with Crippen molar-refractivity contribution in [1.82, 2.24) is 4.72 Å². The molecule has 0 aliphatic heterocycles. The third-order valence-electron chi connectivity index (χ3n) is 3.27. The summed E-state index contributed by atoms with van der Waals surface area (Å²) in [5.41, 5.74) is 1.18. The minimum Gasteiger partial charge on any atom is -0.208 e. The maximum absolute atomic E-state index is 12.3. The Balaban J connectivity index is 2.00. The van der Waals surface area contributed by atoms with Gasteiger partial charge in [0.1, 0.15) is 0 Å². The van der Waals surface area contributed by atoms with Gasteiger partial charge in [-0.05, 0) is 43.5 Å². The zero-order valence-electron chi connectivity index (χ0n) is 12.1. The van der Waals surface area contributed by atoms with Gasteiger partial charge in [0.05, 0.1) is 14.9 Å². The smallest absolute Gasteiger partial charge is 0.208 e. The number of rotatable bonds is 6. The molecule has 0 saturated carbocycles. The second kappa shape index (κ2) is 7.47. The highest BCUT2D eigenvalue weighted by atomic mass is 35.5. The molecule has 0 bridgehead atoms. The summed E-state index contributed by atoms with van der Waals surface area (Å²) in [6.07, 6.45) is 1.52. The Hall–Kier alpha value is -1.07. The number of sulfonamides is 1. The normalized spacial score (nSPS) is 13.0. The molecule has 0 aliphatic rings. The van der Waals surface area contributed by atoms with Crippen LogP contribution in [0.4, 0.5) is 0 Å². The molecule has 0 radical (unpaired) electrons. The third-order valence-corrected chi connectivity index (χ3v) is 5.59. The van der Waals surface area contributed by atoms with Crippen molar-refractivity contribution in [3.63, 3.8) is 0 Å². The molecular formula is C16H17Cl2NO2S. The van der Waals surface area contributed by atoms with Crippen LogP contribution in [-0.4, -0.2) is 14.5 Å². The van der Waals surface area contributed by atoms with Crippen molar-refractivity contribution >= 4 is 33.2 Å². The lowest BCUT2D eigenvalue weighted by Gasteiger charge is -2.14. The van der Waals surface area contributed by atoms with Crippen molar-refractivity contribution in [3.05, 3.63) is 64.1 Å². The fourth-order valence-corrected chi connectivity index (χ4v) is 3.73. The second-order valence-corrected chi connectivity index (χ2v) is 7.65. The lowest BCUT2D eigenvalue weighted by Crippen LogP contribution is -2.32. The maximum atomic E-state index is 12.3. The summed E-state index contributed by atoms with van der Waals surface area (Å²) in [5.74, 6) is 0. The van der Waals surface area contributed by atoms with Crippen LogP contribution in [0, 0.1) is 0 Å². The third kappa shape index (κ3) is 4.71. The van der Waals surface area contributed by atoms with Crippen LogP contribution in [0.1, 0.15) is 18.9 Å². The highest BCUT2D eigenvalue weighted by Crippen LogP contribution is 2.24. The van der Waals surface area contributed by atoms with Crippen LogP contribution in [0.3, 0.4) is 0 Å². The van der Waals surface area contributed by atoms with E-state index in [1.807, 2.05) is 37.3 Å². The molecule has 0 fully saturated rings. The van der Waals surface area contributed by atoms with Crippen LogP contribution in [0.2, 0.25) is 10.0 Å². The Morgan fingerprint density at radius 2 is 1.73 bits per heavy atom. The Morgan fingerprint density at radius 3 is 2.36 bits per heavy atom. The molecule has 0 aliphatic carbocycles. The maximum Gasteiger partial charge on any atom is 0.240 e. The van der Waals surface area contributed by atoms with E-state index in [9.17, 15) is 8.42 Å². The van der Waals surface area contributed by atoms with Gasteiger partial charge in [0.15, 0.2) is 0 Å². The van der Waals surface area contributed by atoms with Gasteiger partial charge in [0.2, 0.25) is 10.0 Å². The summed E-state index contributed by atoms with van der Waals surface area (Å²) in [5, 5.41) is 0.555. The quantitative estimate of drug-likeness (QED) is 0.837. The molecule has 1 atom stereocenters. The van der Waals surface area contributed by atoms with Gasteiger partial charge >= 0.3 is 0 Å². The van der Waals surface area contributed by atoms with Crippen LogP contribution < -0.4 is 4.72 Å². The van der Waals surface area contributed by atoms with Crippen LogP contribution in [0.15, 0.2) is 53.4 Å². The summed E-state index contributed by atoms with van der Waals surface area (Å²) in [6, 6.07) is 14.1. The van der Waals surface area contributed by atoms with Crippen molar-refractivity contribution in [2.45, 2.75) is 30.7 Å². The van der Waals surface area contributed by atoms with Crippen molar-refractivity contribution in [3.8, 4) is 0 Å². The molecular weight excluding hydrogens is 341 g/mol. The average Bonchev–Trinajstić information content (AvgIpc) is 2.48. The molecule has 118 valence electrons. The van der Waals surface area contributed by atoms with Gasteiger partial charge in [-0.25, -0.2) is 13.1 Å². The first-order valence-electron chi connectivity index (χ1n) is 6.90. The van der Waals surface area contributed by atoms with E-state index in [-0.39, 0.29) is 16.0 Å². The van der Waals surface area contributed by atoms with Crippen LogP contribution in [0.5, 0.6) is 0 Å². The average molecular weight is 358 g/mol. The van der Waals surface area contributed by atoms with E-state index in [1.165, 1.54) is 23.8 Å². The van der Waals surface area contributed by atoms with Gasteiger partial charge in [-0.2, -0.15) is 0 Å². The van der Waals surface area contributed by atoms with Crippen LogP contribution >= 0.6 is 23.2 Å². The molecule has 2 aromatic rings. The monoisotopic (exact) mass is 357 g/mol. The van der Waals surface area contributed by atoms with Gasteiger partial charge < -0.3 is 0 Å². The molecule has 0 amide bonds. The summed E-state index contributed by atoms with van der Waals surface area (Å²) in [6.45, 7) is 1.85. The highest BCUT2D eigenvalue weighted by Gasteiger charge is 2.18. The van der Waals surface area contributed by atoms with E-state index in [0.29, 0.717) is 11.4 Å². The lowest BCUT2D eigenvalue weighted by molar-refractivity contribution is 0.547. The molecule has 22 heavy (non-hydrogen) atoms. The molecule has 2 aromatic carbocycles. The Labute approximate surface area is 141 Å². The molecule has 2 rings (SSSR count). The predicted molar refractivity (Wildman–Crippen MR) is 91.0 cm³/mol. The number of halogens is 2. The Morgan fingerprint density at radius 1 is 1.05 bits per heavy atom. The second-order valence-electron chi connectivity index (χ2n) is 5.12. The van der Waals surface area contributed by atoms with E-state index in [2.05, 4.69) is 4.72 Å². The standard InChI is InChI=1S/C16H17Cl2NO2S/c1-12(7-8-13-5-3-2-4-6-13)19-22(20,21)14-9-10-15(17)16(18)11-14/h2-6,9-12,19H,7-8H2,1H3. The molecule has 0 heterocycles. The van der Waals surface area contributed by atoms with E-state index in [4.69, 9.17) is 23.2 Å². The fraction of sp³-hybridized carbons (Fsp3) is 0.250. The van der Waals surface area contributed by atoms with Gasteiger partial charge in [0.25, 0.3) is 0 Å². The molecule has 0 aromatic heterocycles. The van der Waals surface area contributed by atoms with E-state index < -0.39 is 10.0 Å². The largest absolute Gasteiger partial charge is 0.240 e. The topological polar surface area (TPSA) is 46.2 Å². The van der Waals surface area contributed by atoms with Gasteiger partial charge in [0, 0.05) is 6.04 Å². The minimum atomic E-state index is -3.60. The predicted octanol–water partition coefficient (Wildman–Crippen LogP) is 4.29. The van der Waals surface area contributed by atoms with Crippen molar-refractivity contribution in [2.75, 3.05) is 0 Å². The van der Waals surface area contributed by atoms with E-state index in [1.54, 1.807) is 0 Å². The zero-order chi connectivity index (χ0) is 16.2. The highest BCUT2D eigenvalue weighted by molar-refractivity contribution is 7.89. The Kier molecular flexibility index (Phi) is 5.87. The summed E-state index contributed by atoms with van der Waals surface area (Å²) in [4.78, 5) is 0.119. The van der Waals surface area contributed by atoms with E-state index >= 15 is 0 Å². The van der Waals surface area contributed by atoms with E-state index in [0.717, 1.165) is 6.42 Å². The SMILES string of the molecule is CC(CCc1ccccc1)NS(=O)(=O)c1ccc(Cl)c(Cl)c1. The molecule has 0 saturated heterocycles. The number of hydrogen-bond acceptors (Lipinski definition) is 2.